The molecule has 0 bridgehead atoms. The summed E-state index contributed by atoms with van der Waals surface area (Å²) in [5, 5.41) is 0. The van der Waals surface area contributed by atoms with Crippen LogP contribution in [0.1, 0.15) is 75.8 Å². The second-order valence-electron chi connectivity index (χ2n) is 6.72. The quantitative estimate of drug-likeness (QED) is 0.382. The van der Waals surface area contributed by atoms with Gasteiger partial charge in [-0.15, -0.1) is 0 Å². The van der Waals surface area contributed by atoms with E-state index < -0.39 is 0 Å². The van der Waals surface area contributed by atoms with Crippen molar-refractivity contribution in [2.45, 2.75) is 71.1 Å². The van der Waals surface area contributed by atoms with Crippen molar-refractivity contribution in [1.82, 2.24) is 0 Å². The van der Waals surface area contributed by atoms with E-state index in [4.69, 9.17) is 0 Å². The summed E-state index contributed by atoms with van der Waals surface area (Å²) in [5.74, 6) is 1.58. The summed E-state index contributed by atoms with van der Waals surface area (Å²) in [6, 6.07) is 9.51. The van der Waals surface area contributed by atoms with Gasteiger partial charge in [0.05, 0.1) is 0 Å². The lowest BCUT2D eigenvalue weighted by Crippen LogP contribution is -2.11. The van der Waals surface area contributed by atoms with Crippen molar-refractivity contribution in [3.8, 4) is 0 Å². The molecular formula is C22H32. The number of hydrogen-bond donors (Lipinski definition) is 0. The van der Waals surface area contributed by atoms with Crippen LogP contribution in [0.4, 0.5) is 0 Å². The number of allylic oxidation sites excluding steroid dienone is 4. The fourth-order valence-electron chi connectivity index (χ4n) is 3.51. The zero-order valence-electron chi connectivity index (χ0n) is 14.4. The fourth-order valence-corrected chi connectivity index (χ4v) is 3.51. The Morgan fingerprint density at radius 1 is 0.955 bits per heavy atom. The first-order chi connectivity index (χ1) is 10.8. The highest BCUT2D eigenvalue weighted by molar-refractivity contribution is 5.26. The molecule has 0 aliphatic heterocycles. The average Bonchev–Trinajstić information content (AvgIpc) is 2.57. The van der Waals surface area contributed by atoms with E-state index in [-0.39, 0.29) is 0 Å². The fraction of sp³-hybridized carbons (Fsp3) is 0.545. The van der Waals surface area contributed by atoms with Gasteiger partial charge in [0.15, 0.2) is 0 Å². The first kappa shape index (κ1) is 17.1. The molecule has 1 saturated carbocycles. The third-order valence-electron chi connectivity index (χ3n) is 4.98. The molecule has 0 spiro atoms. The summed E-state index contributed by atoms with van der Waals surface area (Å²) in [6.07, 6.45) is 19.5. The van der Waals surface area contributed by atoms with Crippen molar-refractivity contribution >= 4 is 0 Å². The maximum absolute atomic E-state index is 2.40. The Morgan fingerprint density at radius 3 is 2.32 bits per heavy atom. The van der Waals surface area contributed by atoms with Crippen LogP contribution in [0.5, 0.6) is 0 Å². The van der Waals surface area contributed by atoms with E-state index >= 15 is 0 Å². The molecule has 1 aliphatic rings. The van der Waals surface area contributed by atoms with Gasteiger partial charge in [0.2, 0.25) is 0 Å². The van der Waals surface area contributed by atoms with Crippen LogP contribution in [0.3, 0.4) is 0 Å². The zero-order valence-corrected chi connectivity index (χ0v) is 14.4. The van der Waals surface area contributed by atoms with Gasteiger partial charge in [-0.3, -0.25) is 0 Å². The Balaban J connectivity index is 1.81. The molecule has 1 fully saturated rings. The van der Waals surface area contributed by atoms with E-state index in [1.165, 1.54) is 56.9 Å². The Morgan fingerprint density at radius 2 is 1.68 bits per heavy atom. The van der Waals surface area contributed by atoms with Crippen molar-refractivity contribution in [1.29, 1.82) is 0 Å². The highest BCUT2D eigenvalue weighted by Gasteiger charge is 2.20. The monoisotopic (exact) mass is 296 g/mol. The molecule has 0 nitrogen and oxygen atoms in total. The van der Waals surface area contributed by atoms with Crippen molar-refractivity contribution in [3.63, 3.8) is 0 Å². The predicted molar refractivity (Wildman–Crippen MR) is 98.3 cm³/mol. The lowest BCUT2D eigenvalue weighted by molar-refractivity contribution is 0.376. The second kappa shape index (κ2) is 9.66. The molecular weight excluding hydrogens is 264 g/mol. The molecule has 0 aromatic heterocycles. The summed E-state index contributed by atoms with van der Waals surface area (Å²) in [6.45, 7) is 4.35. The lowest BCUT2D eigenvalue weighted by atomic mass is 9.78. The van der Waals surface area contributed by atoms with E-state index in [0.717, 1.165) is 11.8 Å². The highest BCUT2D eigenvalue weighted by atomic mass is 14.3. The molecule has 0 heteroatoms. The summed E-state index contributed by atoms with van der Waals surface area (Å²) in [7, 11) is 0. The smallest absolute Gasteiger partial charge is 0.0162 e. The van der Waals surface area contributed by atoms with Gasteiger partial charge in [0.25, 0.3) is 0 Å². The largest absolute Gasteiger partial charge is 0.0877 e. The molecule has 0 amide bonds. The summed E-state index contributed by atoms with van der Waals surface area (Å²) < 4.78 is 0. The summed E-state index contributed by atoms with van der Waals surface area (Å²) in [4.78, 5) is 0. The van der Waals surface area contributed by atoms with Gasteiger partial charge in [0, 0.05) is 0 Å². The van der Waals surface area contributed by atoms with Gasteiger partial charge in [-0.2, -0.15) is 0 Å². The number of aryl methyl sites for hydroxylation is 1. The van der Waals surface area contributed by atoms with Crippen molar-refractivity contribution in [3.05, 3.63) is 59.7 Å². The lowest BCUT2D eigenvalue weighted by Gasteiger charge is -2.27. The SMILES string of the molecule is C/C=C/C=C/C1CCC(c2ccc(CCCCC)cc2)CC1. The maximum atomic E-state index is 2.40. The number of unbranched alkanes of at least 4 members (excludes halogenated alkanes) is 2. The van der Waals surface area contributed by atoms with Crippen LogP contribution >= 0.6 is 0 Å². The molecule has 0 saturated heterocycles. The van der Waals surface area contributed by atoms with Gasteiger partial charge in [-0.1, -0.05) is 68.3 Å². The minimum absolute atomic E-state index is 0.788. The van der Waals surface area contributed by atoms with E-state index in [1.54, 1.807) is 5.56 Å². The van der Waals surface area contributed by atoms with Crippen LogP contribution in [0.2, 0.25) is 0 Å². The maximum Gasteiger partial charge on any atom is -0.0162 e. The number of benzene rings is 1. The molecule has 0 heterocycles. The highest BCUT2D eigenvalue weighted by Crippen LogP contribution is 2.36. The molecule has 120 valence electrons. The van der Waals surface area contributed by atoms with Gasteiger partial charge in [-0.25, -0.2) is 0 Å². The Labute approximate surface area is 137 Å². The third-order valence-corrected chi connectivity index (χ3v) is 4.98. The predicted octanol–water partition coefficient (Wildman–Crippen LogP) is 6.83. The molecule has 1 aliphatic carbocycles. The van der Waals surface area contributed by atoms with Gasteiger partial charge >= 0.3 is 0 Å². The minimum atomic E-state index is 0.788. The summed E-state index contributed by atoms with van der Waals surface area (Å²) >= 11 is 0. The Bertz CT molecular complexity index is 455. The number of hydrogen-bond acceptors (Lipinski definition) is 0. The van der Waals surface area contributed by atoms with Crippen molar-refractivity contribution in [2.24, 2.45) is 5.92 Å². The normalized spacial score (nSPS) is 22.6. The van der Waals surface area contributed by atoms with Crippen molar-refractivity contribution < 1.29 is 0 Å². The molecule has 22 heavy (non-hydrogen) atoms. The van der Waals surface area contributed by atoms with Crippen LogP contribution in [-0.4, -0.2) is 0 Å². The molecule has 1 aromatic rings. The van der Waals surface area contributed by atoms with Gasteiger partial charge < -0.3 is 0 Å². The molecule has 0 atom stereocenters. The topological polar surface area (TPSA) is 0 Å². The van der Waals surface area contributed by atoms with E-state index in [0.29, 0.717) is 0 Å². The minimum Gasteiger partial charge on any atom is -0.0877 e. The van der Waals surface area contributed by atoms with Crippen molar-refractivity contribution in [2.75, 3.05) is 0 Å². The Hall–Kier alpha value is -1.30. The van der Waals surface area contributed by atoms with E-state index in [2.05, 4.69) is 62.4 Å². The molecule has 2 rings (SSSR count). The zero-order chi connectivity index (χ0) is 15.6. The van der Waals surface area contributed by atoms with Crippen LogP contribution < -0.4 is 0 Å². The van der Waals surface area contributed by atoms with Crippen LogP contribution in [0, 0.1) is 5.92 Å². The van der Waals surface area contributed by atoms with Crippen LogP contribution in [0.15, 0.2) is 48.6 Å². The summed E-state index contributed by atoms with van der Waals surface area (Å²) in [5.41, 5.74) is 3.08. The molecule has 0 unspecified atom stereocenters. The van der Waals surface area contributed by atoms with E-state index in [9.17, 15) is 0 Å². The third kappa shape index (κ3) is 5.48. The standard InChI is InChI=1S/C22H32/c1-3-5-7-9-19-11-15-21(16-12-19)22-17-13-20(14-18-22)10-8-6-4-2/h3,5,7,9,13-14,17-19,21H,4,6,8,10-12,15-16H2,1-2H3/b5-3+,9-7+. The first-order valence-corrected chi connectivity index (χ1v) is 9.21. The average molecular weight is 296 g/mol. The van der Waals surface area contributed by atoms with Crippen LogP contribution in [0.25, 0.3) is 0 Å². The van der Waals surface area contributed by atoms with Gasteiger partial charge in [0.1, 0.15) is 0 Å². The second-order valence-corrected chi connectivity index (χ2v) is 6.72. The molecule has 1 aromatic carbocycles. The molecule has 0 radical (unpaired) electrons. The van der Waals surface area contributed by atoms with Crippen LogP contribution in [-0.2, 0) is 6.42 Å². The van der Waals surface area contributed by atoms with E-state index in [1.807, 2.05) is 0 Å². The Kier molecular flexibility index (Phi) is 7.49. The number of rotatable bonds is 7. The molecule has 0 N–H and O–H groups in total. The first-order valence-electron chi connectivity index (χ1n) is 9.21. The van der Waals surface area contributed by atoms with Gasteiger partial charge in [-0.05, 0) is 68.4 Å².